The molecule has 3 heterocycles. The number of benzene rings is 2. The van der Waals surface area contributed by atoms with Crippen LogP contribution in [0.2, 0.25) is 0 Å². The van der Waals surface area contributed by atoms with Crippen LogP contribution in [0.25, 0.3) is 0 Å². The number of morpholine rings is 1. The fraction of sp³-hybridized carbons (Fsp3) is 0.500. The normalized spacial score (nSPS) is 22.5. The molecule has 0 bridgehead atoms. The summed E-state index contributed by atoms with van der Waals surface area (Å²) in [5.41, 5.74) is 10.4. The second kappa shape index (κ2) is 9.44. The van der Waals surface area contributed by atoms with Gasteiger partial charge in [0, 0.05) is 50.1 Å². The minimum atomic E-state index is -0.338. The molecule has 0 aromatic heterocycles. The highest BCUT2D eigenvalue weighted by Crippen LogP contribution is 2.47. The monoisotopic (exact) mass is 467 g/mol. The van der Waals surface area contributed by atoms with Crippen LogP contribution in [-0.4, -0.2) is 84.1 Å². The highest BCUT2D eigenvalue weighted by Gasteiger charge is 2.42. The van der Waals surface area contributed by atoms with Gasteiger partial charge in [0.15, 0.2) is 11.5 Å². The number of ether oxygens (including phenoxy) is 3. The average molecular weight is 468 g/mol. The Labute approximate surface area is 201 Å². The Hall–Kier alpha value is -2.81. The molecule has 1 amide bonds. The van der Waals surface area contributed by atoms with Crippen molar-refractivity contribution >= 4 is 23.0 Å². The van der Waals surface area contributed by atoms with E-state index in [2.05, 4.69) is 47.2 Å². The Balaban J connectivity index is 1.58. The fourth-order valence-electron chi connectivity index (χ4n) is 5.50. The number of piperazine rings is 1. The van der Waals surface area contributed by atoms with Crippen molar-refractivity contribution < 1.29 is 19.0 Å². The van der Waals surface area contributed by atoms with E-state index < -0.39 is 0 Å². The van der Waals surface area contributed by atoms with Gasteiger partial charge in [0.25, 0.3) is 0 Å². The first-order valence-electron chi connectivity index (χ1n) is 12.1. The maximum absolute atomic E-state index is 12.1. The molecule has 2 aromatic carbocycles. The zero-order valence-electron chi connectivity index (χ0n) is 20.2. The highest BCUT2D eigenvalue weighted by molar-refractivity contribution is 5.79. The molecular weight excluding hydrogens is 432 g/mol. The number of methoxy groups -OCH3 is 1. The van der Waals surface area contributed by atoms with Gasteiger partial charge in [0.2, 0.25) is 5.91 Å². The third-order valence-corrected chi connectivity index (χ3v) is 7.61. The molecule has 2 fully saturated rings. The number of rotatable bonds is 5. The van der Waals surface area contributed by atoms with Crippen molar-refractivity contribution in [2.75, 3.05) is 78.1 Å². The molecular formula is C26H35N4O4+. The molecule has 0 radical (unpaired) electrons. The number of primary amides is 1. The van der Waals surface area contributed by atoms with Crippen molar-refractivity contribution in [1.29, 1.82) is 0 Å². The second-order valence-electron chi connectivity index (χ2n) is 9.54. The van der Waals surface area contributed by atoms with Gasteiger partial charge in [-0.2, -0.15) is 0 Å². The van der Waals surface area contributed by atoms with E-state index in [1.165, 1.54) is 17.1 Å². The van der Waals surface area contributed by atoms with E-state index in [1.807, 2.05) is 6.07 Å². The molecule has 5 rings (SSSR count). The van der Waals surface area contributed by atoms with Crippen molar-refractivity contribution in [3.63, 3.8) is 0 Å². The maximum atomic E-state index is 12.1. The summed E-state index contributed by atoms with van der Waals surface area (Å²) in [4.78, 5) is 16.8. The zero-order chi connectivity index (χ0) is 23.7. The van der Waals surface area contributed by atoms with Crippen molar-refractivity contribution in [2.24, 2.45) is 11.7 Å². The van der Waals surface area contributed by atoms with Gasteiger partial charge in [-0.15, -0.1) is 0 Å². The quantitative estimate of drug-likeness (QED) is 0.679. The number of carbonyl (C=O) groups excluding carboxylic acids is 1. The lowest BCUT2D eigenvalue weighted by Gasteiger charge is -2.45. The van der Waals surface area contributed by atoms with E-state index >= 15 is 0 Å². The Kier molecular flexibility index (Phi) is 6.38. The van der Waals surface area contributed by atoms with E-state index in [9.17, 15) is 4.79 Å². The molecule has 0 spiro atoms. The van der Waals surface area contributed by atoms with Crippen molar-refractivity contribution in [2.45, 2.75) is 6.42 Å². The molecule has 182 valence electrons. The summed E-state index contributed by atoms with van der Waals surface area (Å²) < 4.78 is 17.9. The number of nitrogens with zero attached hydrogens (tertiary/aromatic N) is 3. The summed E-state index contributed by atoms with van der Waals surface area (Å²) in [6.45, 7) is 7.50. The van der Waals surface area contributed by atoms with Gasteiger partial charge in [-0.05, 0) is 31.7 Å². The van der Waals surface area contributed by atoms with Gasteiger partial charge in [-0.3, -0.25) is 14.2 Å². The first-order valence-corrected chi connectivity index (χ1v) is 12.1. The Bertz CT molecular complexity index is 1030. The lowest BCUT2D eigenvalue weighted by molar-refractivity contribution is -0.123. The Morgan fingerprint density at radius 2 is 1.76 bits per heavy atom. The molecule has 1 atom stereocenters. The van der Waals surface area contributed by atoms with Crippen LogP contribution in [0.15, 0.2) is 36.4 Å². The molecule has 0 aliphatic carbocycles. The first kappa shape index (κ1) is 23.0. The van der Waals surface area contributed by atoms with Crippen molar-refractivity contribution in [3.8, 4) is 11.5 Å². The van der Waals surface area contributed by atoms with E-state index in [0.29, 0.717) is 18.8 Å². The lowest BCUT2D eigenvalue weighted by Crippen LogP contribution is -2.57. The smallest absolute Gasteiger partial charge is 0.224 e. The summed E-state index contributed by atoms with van der Waals surface area (Å²) in [6, 6.07) is 13.2. The molecule has 2 N–H and O–H groups in total. The van der Waals surface area contributed by atoms with Crippen molar-refractivity contribution in [1.82, 2.24) is 9.38 Å². The number of carbonyl (C=O) groups is 1. The molecule has 34 heavy (non-hydrogen) atoms. The summed E-state index contributed by atoms with van der Waals surface area (Å²) in [5, 5.41) is 0. The van der Waals surface area contributed by atoms with Crippen LogP contribution in [0.3, 0.4) is 0 Å². The second-order valence-corrected chi connectivity index (χ2v) is 9.54. The summed E-state index contributed by atoms with van der Waals surface area (Å²) in [7, 11) is 3.83. The van der Waals surface area contributed by atoms with Crippen LogP contribution in [0, 0.1) is 5.92 Å². The molecule has 3 aliphatic heterocycles. The molecule has 1 unspecified atom stereocenters. The molecule has 3 aliphatic rings. The number of nitrogens with two attached hydrogens (primary N) is 1. The third-order valence-electron chi connectivity index (χ3n) is 7.61. The number of anilines is 1. The first-order chi connectivity index (χ1) is 16.5. The minimum Gasteiger partial charge on any atom is -0.493 e. The predicted octanol–water partition coefficient (Wildman–Crippen LogP) is 2.15. The van der Waals surface area contributed by atoms with Gasteiger partial charge < -0.3 is 24.8 Å². The summed E-state index contributed by atoms with van der Waals surface area (Å²) >= 11 is 0. The molecule has 0 saturated carbocycles. The van der Waals surface area contributed by atoms with Crippen LogP contribution >= 0.6 is 0 Å². The standard InChI is InChI=1S/C26H34N4O4/c1-28-9-13-30(14-10-28,21-5-3-20(4-6-21)29-11-15-33-16-12-29)23-7-8-24(32-2)25-22(23)17-19(18-34-25)26(27)31/h3-8,19H,9-18H2,1-2H3,(H-,27,31)/p+1. The van der Waals surface area contributed by atoms with E-state index in [-0.39, 0.29) is 11.8 Å². The van der Waals surface area contributed by atoms with Gasteiger partial charge in [0.1, 0.15) is 31.1 Å². The number of fused-ring (bicyclic) bond motifs is 1. The zero-order valence-corrected chi connectivity index (χ0v) is 20.2. The third kappa shape index (κ3) is 4.10. The Morgan fingerprint density at radius 3 is 2.41 bits per heavy atom. The minimum absolute atomic E-state index is 0.291. The van der Waals surface area contributed by atoms with Gasteiger partial charge in [-0.1, -0.05) is 0 Å². The number of amides is 1. The predicted molar refractivity (Wildman–Crippen MR) is 133 cm³/mol. The van der Waals surface area contributed by atoms with Crippen LogP contribution < -0.4 is 24.6 Å². The topological polar surface area (TPSA) is 77.3 Å². The van der Waals surface area contributed by atoms with Gasteiger partial charge in [-0.25, -0.2) is 0 Å². The molecule has 2 aromatic rings. The van der Waals surface area contributed by atoms with E-state index in [0.717, 1.165) is 68.3 Å². The highest BCUT2D eigenvalue weighted by atomic mass is 16.5. The van der Waals surface area contributed by atoms with Crippen LogP contribution in [0.4, 0.5) is 17.1 Å². The average Bonchev–Trinajstić information content (AvgIpc) is 2.89. The fourth-order valence-corrected chi connectivity index (χ4v) is 5.50. The largest absolute Gasteiger partial charge is 0.493 e. The number of likely N-dealkylation sites (N-methyl/N-ethyl adjacent to an activating group) is 1. The lowest BCUT2D eigenvalue weighted by atomic mass is 9.92. The van der Waals surface area contributed by atoms with Crippen LogP contribution in [0.1, 0.15) is 5.56 Å². The van der Waals surface area contributed by atoms with Crippen LogP contribution in [0.5, 0.6) is 11.5 Å². The van der Waals surface area contributed by atoms with E-state index in [1.54, 1.807) is 7.11 Å². The SMILES string of the molecule is COc1ccc([N+]2(c3ccc(N4CCOCC4)cc3)CCN(C)CC2)c2c1OCC(C(N)=O)C2. The molecule has 8 nitrogen and oxygen atoms in total. The number of quaternary nitrogens is 1. The number of hydrogen-bond acceptors (Lipinski definition) is 6. The van der Waals surface area contributed by atoms with Crippen LogP contribution in [-0.2, 0) is 16.0 Å². The van der Waals surface area contributed by atoms with E-state index in [4.69, 9.17) is 19.9 Å². The molecule has 2 saturated heterocycles. The van der Waals surface area contributed by atoms with Gasteiger partial charge >= 0.3 is 0 Å². The number of hydrogen-bond donors (Lipinski definition) is 1. The summed E-state index contributed by atoms with van der Waals surface area (Å²) in [6.07, 6.45) is 0.568. The van der Waals surface area contributed by atoms with Gasteiger partial charge in [0.05, 0.1) is 31.8 Å². The van der Waals surface area contributed by atoms with Crippen molar-refractivity contribution in [3.05, 3.63) is 42.0 Å². The Morgan fingerprint density at radius 1 is 1.06 bits per heavy atom. The summed E-state index contributed by atoms with van der Waals surface area (Å²) in [5.74, 6) is 0.796. The maximum Gasteiger partial charge on any atom is 0.224 e. The molecule has 8 heteroatoms.